The lowest BCUT2D eigenvalue weighted by Gasteiger charge is -2.06. The van der Waals surface area contributed by atoms with Gasteiger partial charge in [-0.2, -0.15) is 0 Å². The van der Waals surface area contributed by atoms with Crippen molar-refractivity contribution in [2.75, 3.05) is 0 Å². The SMILES string of the molecule is C=C=C=NC(C)(C)C. The molecule has 0 aliphatic rings. The zero-order valence-corrected chi connectivity index (χ0v) is 5.65. The fraction of sp³-hybridized carbons (Fsp3) is 0.571. The molecule has 1 heteroatoms. The number of aliphatic imine (C=N–C) groups is 1. The maximum Gasteiger partial charge on any atom is 0.0624 e. The first-order chi connectivity index (χ1) is 3.56. The molecule has 0 radical (unpaired) electrons. The number of nitrogens with zero attached hydrogens (tertiary/aromatic N) is 1. The lowest BCUT2D eigenvalue weighted by atomic mass is 10.1. The van der Waals surface area contributed by atoms with Gasteiger partial charge in [0.1, 0.15) is 0 Å². The smallest absolute Gasteiger partial charge is 0.0624 e. The van der Waals surface area contributed by atoms with Gasteiger partial charge in [0.05, 0.1) is 5.54 Å². The Morgan fingerprint density at radius 2 is 1.88 bits per heavy atom. The molecule has 0 amide bonds. The van der Waals surface area contributed by atoms with Gasteiger partial charge < -0.3 is 0 Å². The Morgan fingerprint density at radius 1 is 1.38 bits per heavy atom. The molecule has 0 spiro atoms. The normalized spacial score (nSPS) is 9.38. The fourth-order valence-electron chi connectivity index (χ4n) is 0.207. The molecule has 0 aliphatic heterocycles. The number of hydrogen-bond donors (Lipinski definition) is 0. The van der Waals surface area contributed by atoms with Gasteiger partial charge >= 0.3 is 0 Å². The highest BCUT2D eigenvalue weighted by atomic mass is 14.8. The van der Waals surface area contributed by atoms with Gasteiger partial charge in [-0.25, -0.2) is 4.99 Å². The predicted molar refractivity (Wildman–Crippen MR) is 36.3 cm³/mol. The summed E-state index contributed by atoms with van der Waals surface area (Å²) < 4.78 is 0. The van der Waals surface area contributed by atoms with Crippen molar-refractivity contribution in [1.29, 1.82) is 0 Å². The second-order valence-corrected chi connectivity index (χ2v) is 2.57. The lowest BCUT2D eigenvalue weighted by molar-refractivity contribution is 0.588. The van der Waals surface area contributed by atoms with E-state index in [4.69, 9.17) is 0 Å². The second kappa shape index (κ2) is 2.52. The highest BCUT2D eigenvalue weighted by Crippen LogP contribution is 2.02. The van der Waals surface area contributed by atoms with Crippen LogP contribution >= 0.6 is 0 Å². The van der Waals surface area contributed by atoms with Gasteiger partial charge in [-0.15, -0.1) is 0 Å². The van der Waals surface area contributed by atoms with Gasteiger partial charge in [0, 0.05) is 5.87 Å². The largest absolute Gasteiger partial charge is 0.229 e. The molecule has 0 unspecified atom stereocenters. The molecule has 0 N–H and O–H groups in total. The van der Waals surface area contributed by atoms with Gasteiger partial charge in [0.2, 0.25) is 0 Å². The number of hydrogen-bond acceptors (Lipinski definition) is 1. The van der Waals surface area contributed by atoms with Crippen LogP contribution in [0.4, 0.5) is 0 Å². The third-order valence-corrected chi connectivity index (χ3v) is 0.470. The topological polar surface area (TPSA) is 12.4 Å². The van der Waals surface area contributed by atoms with E-state index in [1.54, 1.807) is 0 Å². The van der Waals surface area contributed by atoms with Gasteiger partial charge in [0.15, 0.2) is 0 Å². The predicted octanol–water partition coefficient (Wildman–Crippen LogP) is 1.80. The highest BCUT2D eigenvalue weighted by Gasteiger charge is 2.03. The fourth-order valence-corrected chi connectivity index (χ4v) is 0.207. The van der Waals surface area contributed by atoms with E-state index in [0.29, 0.717) is 0 Å². The van der Waals surface area contributed by atoms with Crippen molar-refractivity contribution in [1.82, 2.24) is 0 Å². The zero-order chi connectivity index (χ0) is 6.62. The molecular formula is C7H11N. The first-order valence-corrected chi connectivity index (χ1v) is 2.55. The van der Waals surface area contributed by atoms with Crippen LogP contribution in [0.3, 0.4) is 0 Å². The van der Waals surface area contributed by atoms with E-state index in [-0.39, 0.29) is 5.54 Å². The minimum Gasteiger partial charge on any atom is -0.229 e. The third-order valence-electron chi connectivity index (χ3n) is 0.470. The van der Waals surface area contributed by atoms with Crippen molar-refractivity contribution < 1.29 is 0 Å². The lowest BCUT2D eigenvalue weighted by Crippen LogP contribution is -2.07. The van der Waals surface area contributed by atoms with Gasteiger partial charge in [-0.3, -0.25) is 0 Å². The molecule has 8 heavy (non-hydrogen) atoms. The molecule has 44 valence electrons. The molecular weight excluding hydrogens is 98.1 g/mol. The van der Waals surface area contributed by atoms with E-state index >= 15 is 0 Å². The third kappa shape index (κ3) is 5.23. The molecule has 0 aromatic carbocycles. The van der Waals surface area contributed by atoms with Crippen LogP contribution in [0.15, 0.2) is 17.3 Å². The van der Waals surface area contributed by atoms with Crippen LogP contribution in [0.2, 0.25) is 0 Å². The van der Waals surface area contributed by atoms with E-state index < -0.39 is 0 Å². The standard InChI is InChI=1S/C7H11N/c1-5-6-8-7(2,3)4/h1H2,2-4H3. The first-order valence-electron chi connectivity index (χ1n) is 2.55. The van der Waals surface area contributed by atoms with Crippen molar-refractivity contribution in [3.8, 4) is 0 Å². The van der Waals surface area contributed by atoms with Crippen LogP contribution in [0, 0.1) is 0 Å². The van der Waals surface area contributed by atoms with E-state index in [2.05, 4.69) is 23.2 Å². The zero-order valence-electron chi connectivity index (χ0n) is 5.65. The molecule has 0 saturated carbocycles. The van der Waals surface area contributed by atoms with Crippen molar-refractivity contribution >= 4 is 5.87 Å². The summed E-state index contributed by atoms with van der Waals surface area (Å²) in [7, 11) is 0. The van der Waals surface area contributed by atoms with Gasteiger partial charge in [0.25, 0.3) is 0 Å². The molecule has 0 atom stereocenters. The summed E-state index contributed by atoms with van der Waals surface area (Å²) in [5.41, 5.74) is 2.42. The Labute approximate surface area is 50.4 Å². The molecule has 0 rings (SSSR count). The number of rotatable bonds is 0. The van der Waals surface area contributed by atoms with E-state index in [0.717, 1.165) is 0 Å². The van der Waals surface area contributed by atoms with Crippen LogP contribution in [0.25, 0.3) is 0 Å². The monoisotopic (exact) mass is 109 g/mol. The van der Waals surface area contributed by atoms with Gasteiger partial charge in [-0.05, 0) is 27.4 Å². The summed E-state index contributed by atoms with van der Waals surface area (Å²) in [5, 5.41) is 0. The second-order valence-electron chi connectivity index (χ2n) is 2.57. The summed E-state index contributed by atoms with van der Waals surface area (Å²) in [6, 6.07) is 0. The Kier molecular flexibility index (Phi) is 2.27. The molecule has 1 nitrogen and oxygen atoms in total. The molecule has 0 aliphatic carbocycles. The minimum atomic E-state index is -0.0370. The summed E-state index contributed by atoms with van der Waals surface area (Å²) >= 11 is 0. The maximum absolute atomic E-state index is 3.95. The molecule has 0 aromatic rings. The molecule has 0 bridgehead atoms. The Balaban J connectivity index is 4.10. The van der Waals surface area contributed by atoms with Crippen LogP contribution in [0.1, 0.15) is 20.8 Å². The quantitative estimate of drug-likeness (QED) is 0.332. The molecule has 0 aromatic heterocycles. The highest BCUT2D eigenvalue weighted by molar-refractivity contribution is 5.50. The summed E-state index contributed by atoms with van der Waals surface area (Å²) in [5.74, 6) is 2.55. The van der Waals surface area contributed by atoms with Crippen LogP contribution < -0.4 is 0 Å². The van der Waals surface area contributed by atoms with Crippen molar-refractivity contribution in [3.05, 3.63) is 12.3 Å². The van der Waals surface area contributed by atoms with E-state index in [1.165, 1.54) is 0 Å². The summed E-state index contributed by atoms with van der Waals surface area (Å²) in [6.45, 7) is 9.33. The average Bonchev–Trinajstić information content (AvgIpc) is 1.59. The Morgan fingerprint density at radius 3 is 2.00 bits per heavy atom. The van der Waals surface area contributed by atoms with Crippen molar-refractivity contribution in [2.45, 2.75) is 26.3 Å². The molecule has 0 fully saturated rings. The van der Waals surface area contributed by atoms with Crippen LogP contribution in [-0.2, 0) is 0 Å². The minimum absolute atomic E-state index is 0.0370. The first kappa shape index (κ1) is 7.23. The Bertz CT molecular complexity index is 138. The van der Waals surface area contributed by atoms with Crippen molar-refractivity contribution in [2.24, 2.45) is 4.99 Å². The average molecular weight is 109 g/mol. The Hall–Kier alpha value is -0.770. The van der Waals surface area contributed by atoms with Crippen molar-refractivity contribution in [3.63, 3.8) is 0 Å². The van der Waals surface area contributed by atoms with Crippen LogP contribution in [0.5, 0.6) is 0 Å². The summed E-state index contributed by atoms with van der Waals surface area (Å²) in [6.07, 6.45) is 0. The van der Waals surface area contributed by atoms with Crippen LogP contribution in [-0.4, -0.2) is 11.4 Å². The van der Waals surface area contributed by atoms with E-state index in [1.807, 2.05) is 20.8 Å². The maximum atomic E-state index is 3.95. The van der Waals surface area contributed by atoms with E-state index in [9.17, 15) is 0 Å². The molecule has 0 saturated heterocycles. The summed E-state index contributed by atoms with van der Waals surface area (Å²) in [4.78, 5) is 3.95. The molecule has 0 heterocycles. The van der Waals surface area contributed by atoms with Gasteiger partial charge in [-0.1, -0.05) is 5.73 Å².